The van der Waals surface area contributed by atoms with Crippen molar-refractivity contribution in [3.63, 3.8) is 0 Å². The monoisotopic (exact) mass is 689 g/mol. The third-order valence-corrected chi connectivity index (χ3v) is 11.1. The van der Waals surface area contributed by atoms with Crippen molar-refractivity contribution in [3.05, 3.63) is 30.0 Å². The van der Waals surface area contributed by atoms with Crippen molar-refractivity contribution in [2.24, 2.45) is 11.8 Å². The number of nitrogens with zero attached hydrogens (tertiary/aromatic N) is 6. The fourth-order valence-corrected chi connectivity index (χ4v) is 8.22. The number of anilines is 4. The first-order valence-corrected chi connectivity index (χ1v) is 18.5. The summed E-state index contributed by atoms with van der Waals surface area (Å²) < 4.78 is 11.3. The van der Waals surface area contributed by atoms with E-state index in [9.17, 15) is 14.4 Å². The number of methoxy groups -OCH3 is 1. The molecule has 0 bridgehead atoms. The van der Waals surface area contributed by atoms with Crippen molar-refractivity contribution >= 4 is 41.0 Å². The minimum atomic E-state index is -0.475. The molecule has 3 amide bonds. The van der Waals surface area contributed by atoms with Crippen LogP contribution in [0, 0.1) is 11.8 Å². The molecule has 1 aromatic carbocycles. The third kappa shape index (κ3) is 7.49. The molecule has 12 heteroatoms. The van der Waals surface area contributed by atoms with Crippen molar-refractivity contribution in [3.8, 4) is 5.75 Å². The normalized spacial score (nSPS) is 23.0. The number of piperidine rings is 1. The minimum absolute atomic E-state index is 0.0282. The maximum Gasteiger partial charge on any atom is 0.410 e. The van der Waals surface area contributed by atoms with Gasteiger partial charge in [0.05, 0.1) is 19.0 Å². The smallest absolute Gasteiger partial charge is 0.410 e. The molecule has 6 rings (SSSR count). The Bertz CT molecular complexity index is 1560. The Morgan fingerprint density at radius 3 is 2.40 bits per heavy atom. The third-order valence-electron chi connectivity index (χ3n) is 11.1. The molecule has 2 saturated carbocycles. The molecule has 3 fully saturated rings. The largest absolute Gasteiger partial charge is 0.495 e. The van der Waals surface area contributed by atoms with Crippen LogP contribution in [0.5, 0.6) is 5.75 Å². The molecule has 50 heavy (non-hydrogen) atoms. The van der Waals surface area contributed by atoms with Crippen LogP contribution in [0.1, 0.15) is 102 Å². The molecule has 1 atom stereocenters. The van der Waals surface area contributed by atoms with Gasteiger partial charge < -0.3 is 34.4 Å². The lowest BCUT2D eigenvalue weighted by Gasteiger charge is -2.43. The van der Waals surface area contributed by atoms with Crippen LogP contribution in [0.3, 0.4) is 0 Å². The Balaban J connectivity index is 1.05. The fraction of sp³-hybridized carbons (Fsp3) is 0.658. The average molecular weight is 690 g/mol. The number of nitrogens with one attached hydrogen (secondary N) is 1. The zero-order valence-electron chi connectivity index (χ0n) is 30.9. The van der Waals surface area contributed by atoms with Gasteiger partial charge in [0.25, 0.3) is 5.91 Å². The number of ether oxygens (including phenoxy) is 2. The highest BCUT2D eigenvalue weighted by atomic mass is 16.6. The molecule has 2 aromatic rings. The standard InChI is InChI=1S/C38H55N7O5/c1-8-30-35(47)43(6)31-23-39-36(41-33(31)45(30)27-11-9-10-12-27)40-29-14-13-26(22-32(29)49-7)34(46)42(5)28-20-25(21-28)19-24-15-17-44(18-16-24)37(48)50-38(2,3)4/h13-14,22-25,27-28,30H,8-12,15-21H2,1-7H3,(H,39,40,41)/t25?,28?,30-/m1/s1. The molecular formula is C38H55N7O5. The molecule has 12 nitrogen and oxygen atoms in total. The van der Waals surface area contributed by atoms with Gasteiger partial charge in [0.2, 0.25) is 11.9 Å². The predicted molar refractivity (Wildman–Crippen MR) is 194 cm³/mol. The first-order valence-electron chi connectivity index (χ1n) is 18.5. The lowest BCUT2D eigenvalue weighted by molar-refractivity contribution is -0.120. The number of carbonyl (C=O) groups excluding carboxylic acids is 3. The number of rotatable bonds is 9. The van der Waals surface area contributed by atoms with Gasteiger partial charge in [0, 0.05) is 44.8 Å². The number of carbonyl (C=O) groups is 3. The zero-order chi connectivity index (χ0) is 35.7. The van der Waals surface area contributed by atoms with E-state index < -0.39 is 5.60 Å². The number of likely N-dealkylation sites (tertiary alicyclic amines) is 1. The molecule has 0 unspecified atom stereocenters. The molecule has 4 aliphatic rings. The molecule has 2 aliphatic heterocycles. The lowest BCUT2D eigenvalue weighted by Crippen LogP contribution is -2.55. The topological polar surface area (TPSA) is 120 Å². The van der Waals surface area contributed by atoms with Crippen LogP contribution in [0.15, 0.2) is 24.4 Å². The molecule has 2 aliphatic carbocycles. The fourth-order valence-electron chi connectivity index (χ4n) is 8.22. The SMILES string of the molecule is CC[C@@H]1C(=O)N(C)c2cnc(Nc3ccc(C(=O)N(C)C4CC(CC5CCN(C(=O)OC(C)(C)C)CC5)C4)cc3OC)nc2N1C1CCCC1. The van der Waals surface area contributed by atoms with Crippen molar-refractivity contribution < 1.29 is 23.9 Å². The minimum Gasteiger partial charge on any atom is -0.495 e. The first-order chi connectivity index (χ1) is 23.9. The van der Waals surface area contributed by atoms with E-state index in [4.69, 9.17) is 14.5 Å². The van der Waals surface area contributed by atoms with Crippen molar-refractivity contribution in [1.82, 2.24) is 19.8 Å². The summed E-state index contributed by atoms with van der Waals surface area (Å²) in [6.07, 6.45) is 11.8. The van der Waals surface area contributed by atoms with Crippen LogP contribution < -0.4 is 19.9 Å². The maximum absolute atomic E-state index is 13.6. The number of hydrogen-bond donors (Lipinski definition) is 1. The molecule has 272 valence electrons. The molecule has 1 N–H and O–H groups in total. The van der Waals surface area contributed by atoms with Gasteiger partial charge in [-0.05, 0) is 102 Å². The van der Waals surface area contributed by atoms with Gasteiger partial charge in [-0.3, -0.25) is 9.59 Å². The highest BCUT2D eigenvalue weighted by Crippen LogP contribution is 2.41. The number of likely N-dealkylation sites (N-methyl/N-ethyl adjacent to an activating group) is 1. The summed E-state index contributed by atoms with van der Waals surface area (Å²) in [7, 11) is 5.28. The highest BCUT2D eigenvalue weighted by molar-refractivity contribution is 6.04. The summed E-state index contributed by atoms with van der Waals surface area (Å²) in [5.74, 6) is 2.97. The van der Waals surface area contributed by atoms with E-state index in [0.717, 1.165) is 82.4 Å². The Morgan fingerprint density at radius 2 is 1.76 bits per heavy atom. The van der Waals surface area contributed by atoms with E-state index in [0.29, 0.717) is 41.2 Å². The Labute approximate surface area is 296 Å². The summed E-state index contributed by atoms with van der Waals surface area (Å²) in [6, 6.07) is 5.69. The quantitative estimate of drug-likeness (QED) is 0.310. The maximum atomic E-state index is 13.6. The number of amides is 3. The Kier molecular flexibility index (Phi) is 10.5. The highest BCUT2D eigenvalue weighted by Gasteiger charge is 2.41. The van der Waals surface area contributed by atoms with Crippen molar-refractivity contribution in [2.45, 2.75) is 116 Å². The van der Waals surface area contributed by atoms with Crippen LogP contribution in [0.2, 0.25) is 0 Å². The summed E-state index contributed by atoms with van der Waals surface area (Å²) in [4.78, 5) is 56.4. The van der Waals surface area contributed by atoms with Gasteiger partial charge in [0.1, 0.15) is 23.1 Å². The van der Waals surface area contributed by atoms with E-state index in [1.165, 1.54) is 0 Å². The summed E-state index contributed by atoms with van der Waals surface area (Å²) in [5.41, 5.74) is 1.47. The van der Waals surface area contributed by atoms with Crippen molar-refractivity contribution in [2.75, 3.05) is 49.4 Å². The zero-order valence-corrected chi connectivity index (χ0v) is 30.9. The van der Waals surface area contributed by atoms with Gasteiger partial charge in [-0.2, -0.15) is 4.98 Å². The van der Waals surface area contributed by atoms with Crippen LogP contribution in [0.4, 0.5) is 27.9 Å². The van der Waals surface area contributed by atoms with E-state index in [-0.39, 0.29) is 36.0 Å². The van der Waals surface area contributed by atoms with Crippen LogP contribution in [-0.2, 0) is 9.53 Å². The number of benzene rings is 1. The van der Waals surface area contributed by atoms with Gasteiger partial charge in [-0.15, -0.1) is 0 Å². The first kappa shape index (κ1) is 35.7. The van der Waals surface area contributed by atoms with Crippen molar-refractivity contribution in [1.29, 1.82) is 0 Å². The van der Waals surface area contributed by atoms with Gasteiger partial charge in [0.15, 0.2) is 5.82 Å². The average Bonchev–Trinajstić information content (AvgIpc) is 3.61. The second-order valence-corrected chi connectivity index (χ2v) is 15.7. The molecule has 1 saturated heterocycles. The second kappa shape index (κ2) is 14.6. The molecule has 3 heterocycles. The van der Waals surface area contributed by atoms with E-state index in [2.05, 4.69) is 22.1 Å². The van der Waals surface area contributed by atoms with Crippen LogP contribution in [0.25, 0.3) is 0 Å². The molecule has 0 spiro atoms. The summed E-state index contributed by atoms with van der Waals surface area (Å²) >= 11 is 0. The predicted octanol–water partition coefficient (Wildman–Crippen LogP) is 6.62. The Morgan fingerprint density at radius 1 is 1.06 bits per heavy atom. The van der Waals surface area contributed by atoms with Crippen LogP contribution >= 0.6 is 0 Å². The number of fused-ring (bicyclic) bond motifs is 1. The summed E-state index contributed by atoms with van der Waals surface area (Å²) in [5, 5.41) is 3.32. The van der Waals surface area contributed by atoms with Gasteiger partial charge in [-0.25, -0.2) is 9.78 Å². The Hall–Kier alpha value is -4.09. The van der Waals surface area contributed by atoms with Gasteiger partial charge >= 0.3 is 6.09 Å². The molecule has 0 radical (unpaired) electrons. The number of hydrogen-bond acceptors (Lipinski definition) is 9. The lowest BCUT2D eigenvalue weighted by atomic mass is 9.73. The van der Waals surface area contributed by atoms with E-state index in [1.54, 1.807) is 31.3 Å². The van der Waals surface area contributed by atoms with E-state index >= 15 is 0 Å². The second-order valence-electron chi connectivity index (χ2n) is 15.7. The van der Waals surface area contributed by atoms with E-state index in [1.807, 2.05) is 49.8 Å². The molecule has 1 aromatic heterocycles. The van der Waals surface area contributed by atoms with Crippen LogP contribution in [-0.4, -0.2) is 95.7 Å². The molecular weight excluding hydrogens is 634 g/mol. The summed E-state index contributed by atoms with van der Waals surface area (Å²) in [6.45, 7) is 9.25. The van der Waals surface area contributed by atoms with Gasteiger partial charge in [-0.1, -0.05) is 19.8 Å². The number of aromatic nitrogens is 2.